The number of nitrogens with zero attached hydrogens (tertiary/aromatic N) is 1. The third-order valence-corrected chi connectivity index (χ3v) is 2.82. The molecule has 1 rings (SSSR count). The summed E-state index contributed by atoms with van der Waals surface area (Å²) in [4.78, 5) is 0. The van der Waals surface area contributed by atoms with E-state index in [4.69, 9.17) is 5.26 Å². The third kappa shape index (κ3) is 1.03. The van der Waals surface area contributed by atoms with E-state index in [2.05, 4.69) is 19.9 Å². The van der Waals surface area contributed by atoms with Gasteiger partial charge < -0.3 is 0 Å². The van der Waals surface area contributed by atoms with Crippen LogP contribution in [-0.4, -0.2) is 0 Å². The lowest BCUT2D eigenvalue weighted by Crippen LogP contribution is -2.20. The molecule has 1 aliphatic carbocycles. The molecule has 0 aromatic rings. The average molecular weight is 137 g/mol. The van der Waals surface area contributed by atoms with Crippen LogP contribution in [0.5, 0.6) is 0 Å². The van der Waals surface area contributed by atoms with Crippen molar-refractivity contribution in [2.45, 2.75) is 39.5 Å². The SMILES string of the molecule is CC(C)C1(C#N)CCCC1. The standard InChI is InChI=1S/C9H15N/c1-8(2)9(7-10)5-3-4-6-9/h8H,3-6H2,1-2H3. The van der Waals surface area contributed by atoms with Gasteiger partial charge in [0.25, 0.3) is 0 Å². The Labute approximate surface area is 63.0 Å². The molecule has 1 fully saturated rings. The molecule has 56 valence electrons. The molecule has 1 saturated carbocycles. The van der Waals surface area contributed by atoms with Crippen molar-refractivity contribution in [3.05, 3.63) is 0 Å². The highest BCUT2D eigenvalue weighted by Crippen LogP contribution is 2.43. The Kier molecular flexibility index (Phi) is 1.99. The van der Waals surface area contributed by atoms with Gasteiger partial charge in [-0.15, -0.1) is 0 Å². The predicted molar refractivity (Wildman–Crippen MR) is 41.4 cm³/mol. The molecular weight excluding hydrogens is 122 g/mol. The van der Waals surface area contributed by atoms with E-state index < -0.39 is 0 Å². The summed E-state index contributed by atoms with van der Waals surface area (Å²) in [6.45, 7) is 4.32. The molecule has 1 nitrogen and oxygen atoms in total. The average Bonchev–Trinajstić information content (AvgIpc) is 2.35. The van der Waals surface area contributed by atoms with Gasteiger partial charge in [-0.2, -0.15) is 5.26 Å². The van der Waals surface area contributed by atoms with E-state index in [0.29, 0.717) is 5.92 Å². The molecule has 0 N–H and O–H groups in total. The van der Waals surface area contributed by atoms with Gasteiger partial charge in [0.1, 0.15) is 0 Å². The minimum atomic E-state index is 0.0417. The fourth-order valence-electron chi connectivity index (χ4n) is 1.82. The Hall–Kier alpha value is -0.510. The van der Waals surface area contributed by atoms with E-state index in [1.54, 1.807) is 0 Å². The second kappa shape index (κ2) is 2.62. The van der Waals surface area contributed by atoms with Gasteiger partial charge in [0, 0.05) is 0 Å². The first-order valence-electron chi connectivity index (χ1n) is 4.12. The highest BCUT2D eigenvalue weighted by molar-refractivity contribution is 5.03. The van der Waals surface area contributed by atoms with Crippen molar-refractivity contribution in [3.8, 4) is 6.07 Å². The van der Waals surface area contributed by atoms with Crippen LogP contribution in [-0.2, 0) is 0 Å². The number of rotatable bonds is 1. The predicted octanol–water partition coefficient (Wildman–Crippen LogP) is 2.73. The number of nitriles is 1. The molecule has 1 aliphatic rings. The fraction of sp³-hybridized carbons (Fsp3) is 0.889. The molecule has 1 heteroatoms. The van der Waals surface area contributed by atoms with Crippen molar-refractivity contribution in [1.29, 1.82) is 5.26 Å². The fourth-order valence-corrected chi connectivity index (χ4v) is 1.82. The van der Waals surface area contributed by atoms with Gasteiger partial charge in [0.15, 0.2) is 0 Å². The van der Waals surface area contributed by atoms with Crippen molar-refractivity contribution < 1.29 is 0 Å². The molecule has 0 aromatic carbocycles. The lowest BCUT2D eigenvalue weighted by atomic mass is 9.77. The Bertz CT molecular complexity index is 147. The molecule has 0 saturated heterocycles. The van der Waals surface area contributed by atoms with Gasteiger partial charge in [-0.1, -0.05) is 26.7 Å². The van der Waals surface area contributed by atoms with Gasteiger partial charge in [0.2, 0.25) is 0 Å². The van der Waals surface area contributed by atoms with Crippen LogP contribution in [0.2, 0.25) is 0 Å². The Morgan fingerprint density at radius 1 is 1.30 bits per heavy atom. The van der Waals surface area contributed by atoms with E-state index in [1.807, 2.05) is 0 Å². The summed E-state index contributed by atoms with van der Waals surface area (Å²) in [5.74, 6) is 0.542. The maximum absolute atomic E-state index is 8.94. The Balaban J connectivity index is 2.70. The van der Waals surface area contributed by atoms with E-state index >= 15 is 0 Å². The van der Waals surface area contributed by atoms with Crippen molar-refractivity contribution in [1.82, 2.24) is 0 Å². The second-order valence-corrected chi connectivity index (χ2v) is 3.63. The highest BCUT2D eigenvalue weighted by atomic mass is 14.4. The molecule has 0 aromatic heterocycles. The Morgan fingerprint density at radius 2 is 1.80 bits per heavy atom. The highest BCUT2D eigenvalue weighted by Gasteiger charge is 2.36. The lowest BCUT2D eigenvalue weighted by Gasteiger charge is -2.24. The summed E-state index contributed by atoms with van der Waals surface area (Å²) in [5, 5.41) is 8.94. The minimum Gasteiger partial charge on any atom is -0.198 e. The van der Waals surface area contributed by atoms with E-state index in [-0.39, 0.29) is 5.41 Å². The van der Waals surface area contributed by atoms with Crippen LogP contribution in [0.3, 0.4) is 0 Å². The second-order valence-electron chi connectivity index (χ2n) is 3.63. The summed E-state index contributed by atoms with van der Waals surface area (Å²) >= 11 is 0. The van der Waals surface area contributed by atoms with Gasteiger partial charge in [-0.3, -0.25) is 0 Å². The van der Waals surface area contributed by atoms with Crippen molar-refractivity contribution >= 4 is 0 Å². The summed E-state index contributed by atoms with van der Waals surface area (Å²) < 4.78 is 0. The number of hydrogen-bond acceptors (Lipinski definition) is 1. The van der Waals surface area contributed by atoms with Crippen LogP contribution in [0.25, 0.3) is 0 Å². The van der Waals surface area contributed by atoms with Crippen LogP contribution in [0.4, 0.5) is 0 Å². The molecule has 0 amide bonds. The maximum Gasteiger partial charge on any atom is 0.0692 e. The van der Waals surface area contributed by atoms with Crippen LogP contribution in [0.15, 0.2) is 0 Å². The first-order valence-corrected chi connectivity index (χ1v) is 4.12. The quantitative estimate of drug-likeness (QED) is 0.545. The summed E-state index contributed by atoms with van der Waals surface area (Å²) in [6.07, 6.45) is 4.76. The van der Waals surface area contributed by atoms with E-state index in [0.717, 1.165) is 12.8 Å². The smallest absolute Gasteiger partial charge is 0.0692 e. The van der Waals surface area contributed by atoms with Crippen molar-refractivity contribution in [3.63, 3.8) is 0 Å². The lowest BCUT2D eigenvalue weighted by molar-refractivity contribution is 0.286. The monoisotopic (exact) mass is 137 g/mol. The summed E-state index contributed by atoms with van der Waals surface area (Å²) in [6, 6.07) is 2.48. The van der Waals surface area contributed by atoms with Gasteiger partial charge in [-0.05, 0) is 18.8 Å². The van der Waals surface area contributed by atoms with Crippen LogP contribution < -0.4 is 0 Å². The van der Waals surface area contributed by atoms with E-state index in [9.17, 15) is 0 Å². The topological polar surface area (TPSA) is 23.8 Å². The molecule has 0 aliphatic heterocycles. The first kappa shape index (κ1) is 7.60. The minimum absolute atomic E-state index is 0.0417. The molecule has 0 unspecified atom stereocenters. The largest absolute Gasteiger partial charge is 0.198 e. The van der Waals surface area contributed by atoms with Gasteiger partial charge in [0.05, 0.1) is 11.5 Å². The first-order chi connectivity index (χ1) is 4.71. The molecule has 0 radical (unpaired) electrons. The summed E-state index contributed by atoms with van der Waals surface area (Å²) in [5.41, 5.74) is 0.0417. The van der Waals surface area contributed by atoms with Gasteiger partial charge in [-0.25, -0.2) is 0 Å². The van der Waals surface area contributed by atoms with Crippen LogP contribution in [0, 0.1) is 22.7 Å². The van der Waals surface area contributed by atoms with Crippen molar-refractivity contribution in [2.75, 3.05) is 0 Å². The Morgan fingerprint density at radius 3 is 2.00 bits per heavy atom. The van der Waals surface area contributed by atoms with Crippen LogP contribution in [0.1, 0.15) is 39.5 Å². The van der Waals surface area contributed by atoms with Crippen LogP contribution >= 0.6 is 0 Å². The molecule has 0 spiro atoms. The normalized spacial score (nSPS) is 23.0. The maximum atomic E-state index is 8.94. The van der Waals surface area contributed by atoms with Gasteiger partial charge >= 0.3 is 0 Å². The zero-order valence-electron chi connectivity index (χ0n) is 6.85. The number of hydrogen-bond donors (Lipinski definition) is 0. The molecule has 0 atom stereocenters. The zero-order chi connectivity index (χ0) is 7.61. The molecule has 0 heterocycles. The third-order valence-electron chi connectivity index (χ3n) is 2.82. The molecule has 0 bridgehead atoms. The van der Waals surface area contributed by atoms with Crippen molar-refractivity contribution in [2.24, 2.45) is 11.3 Å². The van der Waals surface area contributed by atoms with E-state index in [1.165, 1.54) is 12.8 Å². The summed E-state index contributed by atoms with van der Waals surface area (Å²) in [7, 11) is 0. The molecular formula is C9H15N. The molecule has 10 heavy (non-hydrogen) atoms. The zero-order valence-corrected chi connectivity index (χ0v) is 6.85.